The van der Waals surface area contributed by atoms with Gasteiger partial charge in [0, 0.05) is 16.5 Å². The van der Waals surface area contributed by atoms with E-state index in [1.54, 1.807) is 0 Å². The van der Waals surface area contributed by atoms with Gasteiger partial charge in [-0.25, -0.2) is 0 Å². The van der Waals surface area contributed by atoms with Crippen LogP contribution in [0.1, 0.15) is 58.4 Å². The molecule has 49 heavy (non-hydrogen) atoms. The van der Waals surface area contributed by atoms with E-state index in [9.17, 15) is 10.2 Å². The summed E-state index contributed by atoms with van der Waals surface area (Å²) in [4.78, 5) is 0. The zero-order valence-corrected chi connectivity index (χ0v) is 29.6. The first-order valence-corrected chi connectivity index (χ1v) is 16.7. The SMILES string of the molecule is Cc1cc(Oc2c(C)cc(C(C)(C)c3cc(C)c(Oc4cc(C)c(O)c(-c5ccccc5)c4)c(C)c3)cc2C)cc(-c2ccccc2)c1O. The van der Waals surface area contributed by atoms with Crippen LogP contribution >= 0.6 is 0 Å². The third kappa shape index (κ3) is 6.64. The Morgan fingerprint density at radius 2 is 0.755 bits per heavy atom. The van der Waals surface area contributed by atoms with Crippen molar-refractivity contribution < 1.29 is 19.7 Å². The Balaban J connectivity index is 1.29. The summed E-state index contributed by atoms with van der Waals surface area (Å²) >= 11 is 0. The molecule has 0 unspecified atom stereocenters. The molecule has 0 aliphatic heterocycles. The molecule has 0 fully saturated rings. The van der Waals surface area contributed by atoms with E-state index < -0.39 is 0 Å². The van der Waals surface area contributed by atoms with Crippen LogP contribution in [0.4, 0.5) is 0 Å². The quantitative estimate of drug-likeness (QED) is 0.172. The van der Waals surface area contributed by atoms with Crippen molar-refractivity contribution in [2.45, 2.75) is 60.8 Å². The van der Waals surface area contributed by atoms with E-state index in [4.69, 9.17) is 9.47 Å². The molecule has 0 saturated carbocycles. The van der Waals surface area contributed by atoms with Gasteiger partial charge in [0.15, 0.2) is 0 Å². The van der Waals surface area contributed by atoms with Gasteiger partial charge in [-0.3, -0.25) is 0 Å². The molecular weight excluding hydrogens is 604 g/mol. The summed E-state index contributed by atoms with van der Waals surface area (Å²) in [5.41, 5.74) is 11.2. The number of hydrogen-bond acceptors (Lipinski definition) is 4. The van der Waals surface area contributed by atoms with Crippen LogP contribution in [0.5, 0.6) is 34.5 Å². The number of rotatable bonds is 8. The van der Waals surface area contributed by atoms with Crippen LogP contribution < -0.4 is 9.47 Å². The maximum atomic E-state index is 10.8. The van der Waals surface area contributed by atoms with Gasteiger partial charge in [-0.2, -0.15) is 0 Å². The topological polar surface area (TPSA) is 58.9 Å². The highest BCUT2D eigenvalue weighted by Crippen LogP contribution is 2.43. The lowest BCUT2D eigenvalue weighted by atomic mass is 9.76. The first kappa shape index (κ1) is 33.4. The van der Waals surface area contributed by atoms with Crippen LogP contribution in [0, 0.1) is 41.5 Å². The van der Waals surface area contributed by atoms with Gasteiger partial charge in [-0.05, 0) is 121 Å². The van der Waals surface area contributed by atoms with E-state index in [1.807, 2.05) is 98.8 Å². The summed E-state index contributed by atoms with van der Waals surface area (Å²) in [5.74, 6) is 3.54. The maximum Gasteiger partial charge on any atom is 0.133 e. The molecule has 248 valence electrons. The molecule has 6 rings (SSSR count). The Kier molecular flexibility index (Phi) is 9.00. The Bertz CT molecular complexity index is 1960. The largest absolute Gasteiger partial charge is 0.507 e. The first-order chi connectivity index (χ1) is 23.3. The number of benzene rings is 6. The maximum absolute atomic E-state index is 10.8. The van der Waals surface area contributed by atoms with Gasteiger partial charge in [-0.1, -0.05) is 98.8 Å². The Hall–Kier alpha value is -5.48. The molecule has 0 atom stereocenters. The highest BCUT2D eigenvalue weighted by molar-refractivity contribution is 5.75. The van der Waals surface area contributed by atoms with Gasteiger partial charge >= 0.3 is 0 Å². The summed E-state index contributed by atoms with van der Waals surface area (Å²) < 4.78 is 13.1. The number of aryl methyl sites for hydroxylation is 6. The van der Waals surface area contributed by atoms with E-state index in [0.29, 0.717) is 11.5 Å². The van der Waals surface area contributed by atoms with Crippen molar-refractivity contribution in [3.63, 3.8) is 0 Å². The normalized spacial score (nSPS) is 11.4. The lowest BCUT2D eigenvalue weighted by Gasteiger charge is -2.29. The standard InChI is InChI=1S/C45H44O4/c1-27-23-37(25-39(41(27)46)33-15-11-9-12-16-33)48-43-29(3)19-35(20-30(43)4)45(7,8)36-21-31(5)44(32(6)22-36)49-38-24-28(2)42(47)40(26-38)34-17-13-10-14-18-34/h9-26,46-47H,1-8H3. The smallest absolute Gasteiger partial charge is 0.133 e. The molecule has 4 heteroatoms. The van der Waals surface area contributed by atoms with Crippen LogP contribution in [0.25, 0.3) is 22.3 Å². The van der Waals surface area contributed by atoms with Crippen LogP contribution in [0.3, 0.4) is 0 Å². The van der Waals surface area contributed by atoms with Gasteiger partial charge in [-0.15, -0.1) is 0 Å². The number of phenolic OH excluding ortho intramolecular Hbond substituents is 2. The Morgan fingerprint density at radius 1 is 0.429 bits per heavy atom. The summed E-state index contributed by atoms with van der Waals surface area (Å²) in [7, 11) is 0. The molecule has 0 aromatic heterocycles. The monoisotopic (exact) mass is 648 g/mol. The molecule has 6 aromatic carbocycles. The van der Waals surface area contributed by atoms with Crippen molar-refractivity contribution in [3.05, 3.63) is 154 Å². The summed E-state index contributed by atoms with van der Waals surface area (Å²) in [6.45, 7) is 16.6. The van der Waals surface area contributed by atoms with Crippen molar-refractivity contribution in [1.82, 2.24) is 0 Å². The van der Waals surface area contributed by atoms with Gasteiger partial charge in [0.25, 0.3) is 0 Å². The predicted molar refractivity (Wildman–Crippen MR) is 201 cm³/mol. The second-order valence-electron chi connectivity index (χ2n) is 13.7. The van der Waals surface area contributed by atoms with Crippen LogP contribution in [-0.4, -0.2) is 10.2 Å². The van der Waals surface area contributed by atoms with Crippen LogP contribution in [0.2, 0.25) is 0 Å². The molecule has 4 nitrogen and oxygen atoms in total. The van der Waals surface area contributed by atoms with Crippen molar-refractivity contribution in [3.8, 4) is 56.8 Å². The Labute approximate surface area is 290 Å². The molecule has 0 aliphatic carbocycles. The first-order valence-electron chi connectivity index (χ1n) is 16.7. The molecule has 0 amide bonds. The molecule has 2 N–H and O–H groups in total. The van der Waals surface area contributed by atoms with E-state index in [1.165, 1.54) is 11.1 Å². The van der Waals surface area contributed by atoms with E-state index in [0.717, 1.165) is 67.1 Å². The molecule has 0 bridgehead atoms. The number of phenols is 2. The Morgan fingerprint density at radius 3 is 1.08 bits per heavy atom. The number of ether oxygens (including phenoxy) is 2. The van der Waals surface area contributed by atoms with Gasteiger partial charge < -0.3 is 19.7 Å². The molecule has 0 spiro atoms. The highest BCUT2D eigenvalue weighted by atomic mass is 16.5. The molecule has 6 aromatic rings. The molecule has 0 heterocycles. The third-order valence-corrected chi connectivity index (χ3v) is 9.52. The molecular formula is C45H44O4. The van der Waals surface area contributed by atoms with E-state index in [2.05, 4.69) is 65.8 Å². The van der Waals surface area contributed by atoms with Crippen LogP contribution in [-0.2, 0) is 5.41 Å². The zero-order valence-electron chi connectivity index (χ0n) is 29.6. The van der Waals surface area contributed by atoms with Crippen molar-refractivity contribution in [2.75, 3.05) is 0 Å². The second kappa shape index (κ2) is 13.2. The average Bonchev–Trinajstić information content (AvgIpc) is 3.08. The fourth-order valence-corrected chi connectivity index (χ4v) is 6.63. The molecule has 0 aliphatic rings. The number of aromatic hydroxyl groups is 2. The third-order valence-electron chi connectivity index (χ3n) is 9.52. The molecule has 0 saturated heterocycles. The highest BCUT2D eigenvalue weighted by Gasteiger charge is 2.27. The van der Waals surface area contributed by atoms with E-state index >= 15 is 0 Å². The number of hydrogen-bond donors (Lipinski definition) is 2. The molecule has 0 radical (unpaired) electrons. The van der Waals surface area contributed by atoms with Crippen LogP contribution in [0.15, 0.2) is 109 Å². The van der Waals surface area contributed by atoms with E-state index in [-0.39, 0.29) is 16.9 Å². The van der Waals surface area contributed by atoms with Gasteiger partial charge in [0.05, 0.1) is 0 Å². The zero-order chi connectivity index (χ0) is 35.0. The van der Waals surface area contributed by atoms with Crippen molar-refractivity contribution >= 4 is 0 Å². The summed E-state index contributed by atoms with van der Waals surface area (Å²) in [5, 5.41) is 21.6. The minimum Gasteiger partial charge on any atom is -0.507 e. The van der Waals surface area contributed by atoms with Crippen molar-refractivity contribution in [2.24, 2.45) is 0 Å². The summed E-state index contributed by atoms with van der Waals surface area (Å²) in [6.07, 6.45) is 0. The minimum atomic E-state index is -0.298. The fraction of sp³-hybridized carbons (Fsp3) is 0.200. The lowest BCUT2D eigenvalue weighted by Crippen LogP contribution is -2.20. The minimum absolute atomic E-state index is 0.265. The fourth-order valence-electron chi connectivity index (χ4n) is 6.63. The predicted octanol–water partition coefficient (Wildman–Crippen LogP) is 12.2. The van der Waals surface area contributed by atoms with Gasteiger partial charge in [0.1, 0.15) is 34.5 Å². The van der Waals surface area contributed by atoms with Crippen molar-refractivity contribution in [1.29, 1.82) is 0 Å². The summed E-state index contributed by atoms with van der Waals surface area (Å²) in [6, 6.07) is 36.2. The second-order valence-corrected chi connectivity index (χ2v) is 13.7. The lowest BCUT2D eigenvalue weighted by molar-refractivity contribution is 0.458. The average molecular weight is 649 g/mol. The van der Waals surface area contributed by atoms with Gasteiger partial charge in [0.2, 0.25) is 0 Å².